The van der Waals surface area contributed by atoms with Crippen molar-refractivity contribution in [2.24, 2.45) is 5.73 Å². The van der Waals surface area contributed by atoms with E-state index in [9.17, 15) is 4.79 Å². The van der Waals surface area contributed by atoms with Gasteiger partial charge in [-0.15, -0.1) is 0 Å². The van der Waals surface area contributed by atoms with Crippen LogP contribution in [0, 0.1) is 0 Å². The van der Waals surface area contributed by atoms with Crippen LogP contribution in [-0.2, 0) is 20.8 Å². The standard InChI is InChI=1S/C20H34N2O3.C4H11N/c1-3-4-5-6-10-13-25-19(17-24-2)15-22-20(23)16-21-14-18-11-8-7-9-12-18;1-2-3-4-5/h7-9,11-12,19,21H,3-6,10,13-17H2,1-2H3,(H,22,23);2-5H2,1H3. The van der Waals surface area contributed by atoms with Gasteiger partial charge in [-0.3, -0.25) is 4.79 Å². The van der Waals surface area contributed by atoms with Gasteiger partial charge < -0.3 is 25.8 Å². The van der Waals surface area contributed by atoms with Crippen LogP contribution < -0.4 is 16.4 Å². The van der Waals surface area contributed by atoms with Crippen LogP contribution in [-0.4, -0.2) is 52.0 Å². The summed E-state index contributed by atoms with van der Waals surface area (Å²) >= 11 is 0. The number of methoxy groups -OCH3 is 1. The first kappa shape index (κ1) is 28.5. The lowest BCUT2D eigenvalue weighted by atomic mass is 10.2. The Morgan fingerprint density at radius 2 is 1.73 bits per heavy atom. The molecule has 0 aliphatic heterocycles. The molecule has 1 aromatic carbocycles. The molecule has 6 heteroatoms. The summed E-state index contributed by atoms with van der Waals surface area (Å²) in [6.45, 7) is 7.86. The Bertz CT molecular complexity index is 484. The maximum absolute atomic E-state index is 11.9. The number of ether oxygens (including phenoxy) is 2. The molecule has 1 aromatic rings. The quantitative estimate of drug-likeness (QED) is 0.333. The van der Waals surface area contributed by atoms with E-state index >= 15 is 0 Å². The maximum Gasteiger partial charge on any atom is 0.234 e. The zero-order valence-corrected chi connectivity index (χ0v) is 19.5. The molecule has 0 aromatic heterocycles. The Kier molecular flexibility index (Phi) is 21.1. The molecule has 0 spiro atoms. The van der Waals surface area contributed by atoms with Gasteiger partial charge in [-0.05, 0) is 24.9 Å². The van der Waals surface area contributed by atoms with Gasteiger partial charge in [0.15, 0.2) is 0 Å². The first-order chi connectivity index (χ1) is 14.7. The molecule has 1 rings (SSSR count). The molecule has 0 bridgehead atoms. The Labute approximate surface area is 184 Å². The van der Waals surface area contributed by atoms with E-state index < -0.39 is 0 Å². The molecule has 1 unspecified atom stereocenters. The Balaban J connectivity index is 0.00000150. The van der Waals surface area contributed by atoms with Crippen LogP contribution in [0.4, 0.5) is 0 Å². The first-order valence-corrected chi connectivity index (χ1v) is 11.5. The van der Waals surface area contributed by atoms with E-state index in [4.69, 9.17) is 15.2 Å². The molecule has 0 fully saturated rings. The average Bonchev–Trinajstić information content (AvgIpc) is 2.76. The highest BCUT2D eigenvalue weighted by Gasteiger charge is 2.10. The van der Waals surface area contributed by atoms with Crippen molar-refractivity contribution >= 4 is 5.91 Å². The lowest BCUT2D eigenvalue weighted by molar-refractivity contribution is -0.121. The van der Waals surface area contributed by atoms with Crippen molar-refractivity contribution in [3.63, 3.8) is 0 Å². The van der Waals surface area contributed by atoms with Gasteiger partial charge in [-0.25, -0.2) is 0 Å². The average molecular weight is 424 g/mol. The Morgan fingerprint density at radius 1 is 1.03 bits per heavy atom. The molecule has 0 aliphatic rings. The van der Waals surface area contributed by atoms with Crippen molar-refractivity contribution in [1.29, 1.82) is 0 Å². The monoisotopic (exact) mass is 423 g/mol. The lowest BCUT2D eigenvalue weighted by Crippen LogP contribution is -2.40. The molecule has 4 N–H and O–H groups in total. The molecule has 30 heavy (non-hydrogen) atoms. The third-order valence-corrected chi connectivity index (χ3v) is 4.50. The van der Waals surface area contributed by atoms with E-state index in [1.54, 1.807) is 7.11 Å². The van der Waals surface area contributed by atoms with E-state index in [0.29, 0.717) is 26.2 Å². The second-order valence-electron chi connectivity index (χ2n) is 7.40. The van der Waals surface area contributed by atoms with Crippen molar-refractivity contribution in [3.05, 3.63) is 35.9 Å². The number of carbonyl (C=O) groups is 1. The van der Waals surface area contributed by atoms with Gasteiger partial charge in [-0.2, -0.15) is 0 Å². The number of rotatable bonds is 17. The highest BCUT2D eigenvalue weighted by molar-refractivity contribution is 5.77. The molecular formula is C24H45N3O3. The zero-order valence-electron chi connectivity index (χ0n) is 19.5. The van der Waals surface area contributed by atoms with E-state index in [-0.39, 0.29) is 12.0 Å². The van der Waals surface area contributed by atoms with Crippen LogP contribution in [0.5, 0.6) is 0 Å². The number of nitrogens with one attached hydrogen (secondary N) is 2. The predicted octanol–water partition coefficient (Wildman–Crippen LogP) is 3.64. The topological polar surface area (TPSA) is 85.6 Å². The summed E-state index contributed by atoms with van der Waals surface area (Å²) in [5, 5.41) is 6.05. The third kappa shape index (κ3) is 18.6. The van der Waals surface area contributed by atoms with E-state index in [2.05, 4.69) is 24.5 Å². The van der Waals surface area contributed by atoms with Crippen LogP contribution in [0.1, 0.15) is 64.4 Å². The lowest BCUT2D eigenvalue weighted by Gasteiger charge is -2.18. The first-order valence-electron chi connectivity index (χ1n) is 11.5. The minimum absolute atomic E-state index is 0.0245. The maximum atomic E-state index is 11.9. The highest BCUT2D eigenvalue weighted by atomic mass is 16.5. The molecule has 1 amide bonds. The molecule has 174 valence electrons. The Hall–Kier alpha value is -1.47. The zero-order chi connectivity index (χ0) is 22.3. The summed E-state index contributed by atoms with van der Waals surface area (Å²) in [6, 6.07) is 10.0. The predicted molar refractivity (Wildman–Crippen MR) is 125 cm³/mol. The summed E-state index contributed by atoms with van der Waals surface area (Å²) in [6.07, 6.45) is 8.35. The summed E-state index contributed by atoms with van der Waals surface area (Å²) in [5.41, 5.74) is 6.30. The van der Waals surface area contributed by atoms with Crippen LogP contribution in [0.15, 0.2) is 30.3 Å². The molecule has 0 radical (unpaired) electrons. The van der Waals surface area contributed by atoms with Gasteiger partial charge in [-0.1, -0.05) is 76.3 Å². The number of hydrogen-bond donors (Lipinski definition) is 3. The fraction of sp³-hybridized carbons (Fsp3) is 0.708. The number of carbonyl (C=O) groups excluding carboxylic acids is 1. The van der Waals surface area contributed by atoms with Crippen molar-refractivity contribution in [2.75, 3.05) is 40.0 Å². The van der Waals surface area contributed by atoms with Gasteiger partial charge in [0.2, 0.25) is 5.91 Å². The van der Waals surface area contributed by atoms with Gasteiger partial charge in [0.05, 0.1) is 19.3 Å². The minimum Gasteiger partial charge on any atom is -0.382 e. The van der Waals surface area contributed by atoms with Crippen LogP contribution in [0.3, 0.4) is 0 Å². The summed E-state index contributed by atoms with van der Waals surface area (Å²) in [4.78, 5) is 11.9. The molecule has 1 atom stereocenters. The fourth-order valence-electron chi connectivity index (χ4n) is 2.72. The highest BCUT2D eigenvalue weighted by Crippen LogP contribution is 2.04. The normalized spacial score (nSPS) is 11.5. The van der Waals surface area contributed by atoms with Crippen molar-refractivity contribution < 1.29 is 14.3 Å². The summed E-state index contributed by atoms with van der Waals surface area (Å²) < 4.78 is 11.0. The molecule has 0 heterocycles. The van der Waals surface area contributed by atoms with Crippen LogP contribution >= 0.6 is 0 Å². The van der Waals surface area contributed by atoms with Crippen molar-refractivity contribution in [1.82, 2.24) is 10.6 Å². The number of unbranched alkanes of at least 4 members (excludes halogenated alkanes) is 5. The Morgan fingerprint density at radius 3 is 2.33 bits per heavy atom. The SMILES string of the molecule is CCCCCCCOC(CNC(=O)CNCc1ccccc1)COC.CCCCN. The smallest absolute Gasteiger partial charge is 0.234 e. The molecule has 6 nitrogen and oxygen atoms in total. The largest absolute Gasteiger partial charge is 0.382 e. The number of hydrogen-bond acceptors (Lipinski definition) is 5. The number of nitrogens with two attached hydrogens (primary N) is 1. The second-order valence-corrected chi connectivity index (χ2v) is 7.40. The molecule has 0 saturated heterocycles. The second kappa shape index (κ2) is 22.2. The van der Waals surface area contributed by atoms with Gasteiger partial charge in [0.25, 0.3) is 0 Å². The van der Waals surface area contributed by atoms with Gasteiger partial charge in [0, 0.05) is 26.8 Å². The van der Waals surface area contributed by atoms with E-state index in [1.807, 2.05) is 30.3 Å². The molecule has 0 aliphatic carbocycles. The van der Waals surface area contributed by atoms with Crippen LogP contribution in [0.25, 0.3) is 0 Å². The fourth-order valence-corrected chi connectivity index (χ4v) is 2.72. The number of amides is 1. The van der Waals surface area contributed by atoms with Crippen molar-refractivity contribution in [2.45, 2.75) is 71.4 Å². The molecular weight excluding hydrogens is 378 g/mol. The summed E-state index contributed by atoms with van der Waals surface area (Å²) in [5.74, 6) is -0.0245. The summed E-state index contributed by atoms with van der Waals surface area (Å²) in [7, 11) is 1.65. The van der Waals surface area contributed by atoms with Gasteiger partial charge >= 0.3 is 0 Å². The minimum atomic E-state index is -0.0887. The number of benzene rings is 1. The van der Waals surface area contributed by atoms with E-state index in [1.165, 1.54) is 44.1 Å². The van der Waals surface area contributed by atoms with Crippen LogP contribution in [0.2, 0.25) is 0 Å². The third-order valence-electron chi connectivity index (χ3n) is 4.50. The van der Waals surface area contributed by atoms with E-state index in [0.717, 1.165) is 19.6 Å². The van der Waals surface area contributed by atoms with Crippen molar-refractivity contribution in [3.8, 4) is 0 Å². The molecule has 0 saturated carbocycles. The van der Waals surface area contributed by atoms with Gasteiger partial charge in [0.1, 0.15) is 0 Å².